The van der Waals surface area contributed by atoms with E-state index in [0.717, 1.165) is 12.8 Å². The molecular weight excluding hydrogens is 210 g/mol. The maximum absolute atomic E-state index is 13.9. The number of alkyl halides is 4. The molecule has 2 N–H and O–H groups in total. The third-order valence-corrected chi connectivity index (χ3v) is 3.76. The van der Waals surface area contributed by atoms with Gasteiger partial charge in [0.15, 0.2) is 0 Å². The summed E-state index contributed by atoms with van der Waals surface area (Å²) in [6, 6.07) is 0. The molecule has 2 rings (SSSR count). The zero-order valence-electron chi connectivity index (χ0n) is 8.41. The lowest BCUT2D eigenvalue weighted by Gasteiger charge is -2.31. The van der Waals surface area contributed by atoms with Gasteiger partial charge in [0.05, 0.1) is 0 Å². The van der Waals surface area contributed by atoms with Crippen LogP contribution >= 0.6 is 0 Å². The van der Waals surface area contributed by atoms with Crippen molar-refractivity contribution in [3.63, 3.8) is 0 Å². The van der Waals surface area contributed by atoms with E-state index in [9.17, 15) is 17.6 Å². The summed E-state index contributed by atoms with van der Waals surface area (Å²) in [5.74, 6) is -0.926. The molecule has 0 amide bonds. The fraction of sp³-hybridized carbons (Fsp3) is 1.00. The predicted molar refractivity (Wildman–Crippen MR) is 48.0 cm³/mol. The summed E-state index contributed by atoms with van der Waals surface area (Å²) >= 11 is 0. The first-order chi connectivity index (χ1) is 6.77. The van der Waals surface area contributed by atoms with E-state index in [1.165, 1.54) is 0 Å². The Kier molecular flexibility index (Phi) is 2.30. The minimum absolute atomic E-state index is 0.184. The molecule has 2 fully saturated rings. The van der Waals surface area contributed by atoms with Crippen molar-refractivity contribution >= 4 is 0 Å². The fourth-order valence-corrected chi connectivity index (χ4v) is 2.53. The molecule has 0 aliphatic heterocycles. The van der Waals surface area contributed by atoms with E-state index in [-0.39, 0.29) is 6.42 Å². The topological polar surface area (TPSA) is 26.0 Å². The van der Waals surface area contributed by atoms with Gasteiger partial charge in [0.2, 0.25) is 5.67 Å². The van der Waals surface area contributed by atoms with Crippen molar-refractivity contribution in [2.45, 2.75) is 55.9 Å². The first-order valence-corrected chi connectivity index (χ1v) is 5.31. The third-order valence-electron chi connectivity index (χ3n) is 3.76. The Hall–Kier alpha value is -0.320. The molecule has 0 aromatic heterocycles. The molecule has 15 heavy (non-hydrogen) atoms. The summed E-state index contributed by atoms with van der Waals surface area (Å²) in [4.78, 5) is 0. The monoisotopic (exact) mass is 225 g/mol. The van der Waals surface area contributed by atoms with Crippen molar-refractivity contribution in [3.8, 4) is 0 Å². The largest absolute Gasteiger partial charge is 0.422 e. The molecule has 88 valence electrons. The average Bonchev–Trinajstić information content (AvgIpc) is 2.68. The summed E-state index contributed by atoms with van der Waals surface area (Å²) in [5.41, 5.74) is 2.27. The lowest BCUT2D eigenvalue weighted by Crippen LogP contribution is -2.46. The van der Waals surface area contributed by atoms with E-state index in [0.29, 0.717) is 12.8 Å². The third kappa shape index (κ3) is 1.86. The molecule has 2 aliphatic rings. The van der Waals surface area contributed by atoms with E-state index in [2.05, 4.69) is 0 Å². The summed E-state index contributed by atoms with van der Waals surface area (Å²) in [5, 5.41) is 0. The Bertz CT molecular complexity index is 259. The highest BCUT2D eigenvalue weighted by Gasteiger charge is 2.63. The van der Waals surface area contributed by atoms with Gasteiger partial charge in [-0.1, -0.05) is 0 Å². The van der Waals surface area contributed by atoms with Gasteiger partial charge < -0.3 is 5.73 Å². The van der Waals surface area contributed by atoms with Crippen LogP contribution in [0.15, 0.2) is 0 Å². The first kappa shape index (κ1) is 11.2. The second kappa shape index (κ2) is 3.09. The molecule has 2 unspecified atom stereocenters. The van der Waals surface area contributed by atoms with Gasteiger partial charge in [0.1, 0.15) is 0 Å². The van der Waals surface area contributed by atoms with Crippen molar-refractivity contribution in [2.75, 3.05) is 0 Å². The molecule has 0 spiro atoms. The number of rotatable bonds is 2. The number of nitrogens with two attached hydrogens (primary N) is 1. The number of hydrogen-bond acceptors (Lipinski definition) is 1. The van der Waals surface area contributed by atoms with Crippen LogP contribution in [0.1, 0.15) is 38.5 Å². The summed E-state index contributed by atoms with van der Waals surface area (Å²) in [6.07, 6.45) is -2.85. The highest BCUT2D eigenvalue weighted by atomic mass is 19.4. The first-order valence-electron chi connectivity index (χ1n) is 5.31. The smallest absolute Gasteiger partial charge is 0.325 e. The molecule has 2 saturated carbocycles. The second-order valence-electron chi connectivity index (χ2n) is 5.02. The standard InChI is InChI=1S/C10H15F4N/c11-9(10(12,13)14)3-1-2-7(9)6-8(15)4-5-8/h7H,1-6,15H2. The Morgan fingerprint density at radius 3 is 2.27 bits per heavy atom. The van der Waals surface area contributed by atoms with Crippen LogP contribution in [0.2, 0.25) is 0 Å². The molecule has 1 nitrogen and oxygen atoms in total. The van der Waals surface area contributed by atoms with Crippen molar-refractivity contribution < 1.29 is 17.6 Å². The van der Waals surface area contributed by atoms with Crippen LogP contribution in [0.4, 0.5) is 17.6 Å². The van der Waals surface area contributed by atoms with Crippen molar-refractivity contribution in [2.24, 2.45) is 11.7 Å². The van der Waals surface area contributed by atoms with Gasteiger partial charge in [0.25, 0.3) is 0 Å². The normalized spacial score (nSPS) is 39.4. The Labute approximate surface area is 86.0 Å². The molecule has 0 aromatic carbocycles. The molecule has 0 radical (unpaired) electrons. The quantitative estimate of drug-likeness (QED) is 0.718. The van der Waals surface area contributed by atoms with E-state index in [1.54, 1.807) is 0 Å². The van der Waals surface area contributed by atoms with Gasteiger partial charge in [-0.2, -0.15) is 13.2 Å². The molecule has 2 atom stereocenters. The van der Waals surface area contributed by atoms with Crippen LogP contribution in [0.25, 0.3) is 0 Å². The molecule has 0 saturated heterocycles. The van der Waals surface area contributed by atoms with Crippen LogP contribution in [-0.4, -0.2) is 17.4 Å². The zero-order valence-corrected chi connectivity index (χ0v) is 8.41. The van der Waals surface area contributed by atoms with Gasteiger partial charge in [-0.3, -0.25) is 0 Å². The van der Waals surface area contributed by atoms with Gasteiger partial charge in [-0.05, 0) is 38.5 Å². The molecular formula is C10H15F4N. The average molecular weight is 225 g/mol. The van der Waals surface area contributed by atoms with Gasteiger partial charge in [-0.25, -0.2) is 4.39 Å². The van der Waals surface area contributed by atoms with Crippen molar-refractivity contribution in [1.82, 2.24) is 0 Å². The highest BCUT2D eigenvalue weighted by Crippen LogP contribution is 2.54. The Morgan fingerprint density at radius 2 is 1.80 bits per heavy atom. The highest BCUT2D eigenvalue weighted by molar-refractivity contribution is 5.07. The summed E-state index contributed by atoms with van der Waals surface area (Å²) in [6.45, 7) is 0. The minimum Gasteiger partial charge on any atom is -0.325 e. The maximum Gasteiger partial charge on any atom is 0.422 e. The summed E-state index contributed by atoms with van der Waals surface area (Å²) in [7, 11) is 0. The van der Waals surface area contributed by atoms with Crippen LogP contribution in [0, 0.1) is 5.92 Å². The lowest BCUT2D eigenvalue weighted by molar-refractivity contribution is -0.243. The Morgan fingerprint density at radius 1 is 1.20 bits per heavy atom. The van der Waals surface area contributed by atoms with Crippen LogP contribution in [-0.2, 0) is 0 Å². The van der Waals surface area contributed by atoms with E-state index in [4.69, 9.17) is 5.73 Å². The Balaban J connectivity index is 2.10. The predicted octanol–water partition coefficient (Wildman–Crippen LogP) is 2.94. The SMILES string of the molecule is NC1(CC2CCCC2(F)C(F)(F)F)CC1. The molecule has 0 heterocycles. The van der Waals surface area contributed by atoms with Gasteiger partial charge >= 0.3 is 6.18 Å². The zero-order chi connectivity index (χ0) is 11.3. The second-order valence-corrected chi connectivity index (χ2v) is 5.02. The van der Waals surface area contributed by atoms with E-state index >= 15 is 0 Å². The number of halogens is 4. The van der Waals surface area contributed by atoms with Crippen molar-refractivity contribution in [3.05, 3.63) is 0 Å². The summed E-state index contributed by atoms with van der Waals surface area (Å²) < 4.78 is 51.6. The van der Waals surface area contributed by atoms with E-state index < -0.39 is 29.7 Å². The molecule has 0 bridgehead atoms. The van der Waals surface area contributed by atoms with Crippen LogP contribution in [0.5, 0.6) is 0 Å². The lowest BCUT2D eigenvalue weighted by atomic mass is 9.86. The maximum atomic E-state index is 13.9. The molecule has 5 heteroatoms. The number of hydrogen-bond donors (Lipinski definition) is 1. The molecule has 2 aliphatic carbocycles. The van der Waals surface area contributed by atoms with Crippen LogP contribution in [0.3, 0.4) is 0 Å². The minimum atomic E-state index is -4.74. The van der Waals surface area contributed by atoms with Gasteiger partial charge in [0, 0.05) is 11.5 Å². The van der Waals surface area contributed by atoms with E-state index in [1.807, 2.05) is 0 Å². The molecule has 0 aromatic rings. The van der Waals surface area contributed by atoms with Crippen molar-refractivity contribution in [1.29, 1.82) is 0 Å². The van der Waals surface area contributed by atoms with Gasteiger partial charge in [-0.15, -0.1) is 0 Å². The fourth-order valence-electron chi connectivity index (χ4n) is 2.53. The van der Waals surface area contributed by atoms with Crippen LogP contribution < -0.4 is 5.73 Å².